The fourth-order valence-corrected chi connectivity index (χ4v) is 6.60. The Morgan fingerprint density at radius 1 is 1.04 bits per heavy atom. The quantitative estimate of drug-likeness (QED) is 0.0824. The Hall–Kier alpha value is -2.96. The van der Waals surface area contributed by atoms with Crippen molar-refractivity contribution in [2.75, 3.05) is 20.3 Å². The molecule has 0 radical (unpaired) electrons. The Kier molecular flexibility index (Phi) is 16.7. The van der Waals surface area contributed by atoms with Crippen molar-refractivity contribution in [3.63, 3.8) is 0 Å². The number of carbonyl (C=O) groups excluding carboxylic acids is 3. The fourth-order valence-electron chi connectivity index (χ4n) is 5.85. The first-order valence-electron chi connectivity index (χ1n) is 16.8. The van der Waals surface area contributed by atoms with Crippen LogP contribution in [0, 0.1) is 10.5 Å². The highest BCUT2D eigenvalue weighted by molar-refractivity contribution is 14.1. The Morgan fingerprint density at radius 2 is 1.70 bits per heavy atom. The first-order valence-corrected chi connectivity index (χ1v) is 17.9. The molecule has 258 valence electrons. The number of ether oxygens (including phenoxy) is 2. The lowest BCUT2D eigenvalue weighted by Gasteiger charge is -2.41. The molecule has 0 saturated carbocycles. The summed E-state index contributed by atoms with van der Waals surface area (Å²) in [6, 6.07) is 10.4. The molecule has 0 saturated heterocycles. The average Bonchev–Trinajstić information content (AvgIpc) is 3.07. The molecular formula is C37H51IN2O7. The third-order valence-corrected chi connectivity index (χ3v) is 9.35. The number of carbonyl (C=O) groups is 3. The number of nitrogens with zero attached hydrogens (tertiary/aromatic N) is 1. The SMILES string of the molecule is CCCCCCCCCCCC(=O)N(Cc1ccc(C)cc1)C1CC(C(=O)NCCO)=CC(Oc2c(I)cc(C=O)cc2OC)C1O. The van der Waals surface area contributed by atoms with Gasteiger partial charge in [0.25, 0.3) is 0 Å². The summed E-state index contributed by atoms with van der Waals surface area (Å²) in [6.07, 6.45) is 10.8. The van der Waals surface area contributed by atoms with Crippen LogP contribution in [0.1, 0.15) is 99.0 Å². The highest BCUT2D eigenvalue weighted by atomic mass is 127. The molecule has 0 heterocycles. The van der Waals surface area contributed by atoms with Gasteiger partial charge in [0.1, 0.15) is 18.5 Å². The lowest BCUT2D eigenvalue weighted by Crippen LogP contribution is -2.54. The van der Waals surface area contributed by atoms with E-state index in [1.807, 2.05) is 53.8 Å². The molecule has 0 aromatic heterocycles. The third-order valence-electron chi connectivity index (χ3n) is 8.54. The van der Waals surface area contributed by atoms with E-state index in [0.29, 0.717) is 38.9 Å². The van der Waals surface area contributed by atoms with Crippen LogP contribution in [0.4, 0.5) is 0 Å². The molecule has 3 atom stereocenters. The molecule has 1 aliphatic rings. The standard InChI is InChI=1S/C37H51IN2O7/c1-4-5-6-7-8-9-10-11-12-13-34(43)40(24-27-16-14-26(2)15-17-27)31-22-29(37(45)39-18-19-41)23-32(35(31)44)47-36-30(38)20-28(25-42)21-33(36)46-3/h14-17,20-21,23,25,31-32,35,41,44H,4-13,18-19,22,24H2,1-3H3,(H,39,45). The number of aldehydes is 1. The van der Waals surface area contributed by atoms with Gasteiger partial charge in [0.15, 0.2) is 11.5 Å². The normalized spacial score (nSPS) is 17.5. The molecular weight excluding hydrogens is 711 g/mol. The molecule has 2 aromatic rings. The minimum Gasteiger partial charge on any atom is -0.493 e. The van der Waals surface area contributed by atoms with Crippen molar-refractivity contribution < 1.29 is 34.1 Å². The van der Waals surface area contributed by atoms with E-state index in [-0.39, 0.29) is 32.0 Å². The molecule has 0 bridgehead atoms. The van der Waals surface area contributed by atoms with Crippen LogP contribution >= 0.6 is 22.6 Å². The molecule has 0 aliphatic heterocycles. The van der Waals surface area contributed by atoms with Gasteiger partial charge < -0.3 is 29.9 Å². The lowest BCUT2D eigenvalue weighted by molar-refractivity contribution is -0.139. The monoisotopic (exact) mass is 762 g/mol. The zero-order valence-corrected chi connectivity index (χ0v) is 30.2. The first-order chi connectivity index (χ1) is 22.7. The summed E-state index contributed by atoms with van der Waals surface area (Å²) in [5.74, 6) is 0.145. The molecule has 3 rings (SSSR count). The van der Waals surface area contributed by atoms with Crippen molar-refractivity contribution in [1.29, 1.82) is 0 Å². The zero-order valence-electron chi connectivity index (χ0n) is 28.0. The number of aliphatic hydroxyl groups is 2. The number of halogens is 1. The van der Waals surface area contributed by atoms with Crippen LogP contribution in [-0.4, -0.2) is 71.7 Å². The highest BCUT2D eigenvalue weighted by Crippen LogP contribution is 2.37. The summed E-state index contributed by atoms with van der Waals surface area (Å²) < 4.78 is 12.5. The second-order valence-corrected chi connectivity index (χ2v) is 13.4. The second-order valence-electron chi connectivity index (χ2n) is 12.3. The molecule has 1 aliphatic carbocycles. The maximum absolute atomic E-state index is 14.0. The first kappa shape index (κ1) is 38.5. The number of benzene rings is 2. The average molecular weight is 763 g/mol. The number of rotatable bonds is 20. The summed E-state index contributed by atoms with van der Waals surface area (Å²) in [5.41, 5.74) is 2.78. The van der Waals surface area contributed by atoms with Crippen molar-refractivity contribution in [2.24, 2.45) is 0 Å². The Bertz CT molecular complexity index is 1330. The van der Waals surface area contributed by atoms with Crippen LogP contribution in [0.5, 0.6) is 11.5 Å². The fraction of sp³-hybridized carbons (Fsp3) is 0.541. The molecule has 0 fully saturated rings. The van der Waals surface area contributed by atoms with Crippen LogP contribution in [0.3, 0.4) is 0 Å². The van der Waals surface area contributed by atoms with Crippen LogP contribution in [-0.2, 0) is 16.1 Å². The van der Waals surface area contributed by atoms with Crippen molar-refractivity contribution in [2.45, 2.75) is 109 Å². The van der Waals surface area contributed by atoms with E-state index in [9.17, 15) is 24.6 Å². The summed E-state index contributed by atoms with van der Waals surface area (Å²) in [5, 5.41) is 23.9. The number of hydrogen-bond donors (Lipinski definition) is 3. The lowest BCUT2D eigenvalue weighted by atomic mass is 9.87. The van der Waals surface area contributed by atoms with E-state index in [0.717, 1.165) is 30.4 Å². The maximum Gasteiger partial charge on any atom is 0.247 e. The van der Waals surface area contributed by atoms with E-state index in [1.54, 1.807) is 23.1 Å². The van der Waals surface area contributed by atoms with Gasteiger partial charge in [-0.05, 0) is 59.7 Å². The summed E-state index contributed by atoms with van der Waals surface area (Å²) in [7, 11) is 1.46. The van der Waals surface area contributed by atoms with Gasteiger partial charge in [-0.2, -0.15) is 0 Å². The molecule has 2 aromatic carbocycles. The highest BCUT2D eigenvalue weighted by Gasteiger charge is 2.41. The number of nitrogens with one attached hydrogen (secondary N) is 1. The molecule has 9 nitrogen and oxygen atoms in total. The second kappa shape index (κ2) is 20.4. The van der Waals surface area contributed by atoms with Gasteiger partial charge in [-0.25, -0.2) is 0 Å². The van der Waals surface area contributed by atoms with E-state index < -0.39 is 24.2 Å². The molecule has 0 spiro atoms. The number of aliphatic hydroxyl groups excluding tert-OH is 2. The smallest absolute Gasteiger partial charge is 0.247 e. The van der Waals surface area contributed by atoms with Gasteiger partial charge in [0, 0.05) is 37.1 Å². The Labute approximate surface area is 293 Å². The van der Waals surface area contributed by atoms with Crippen molar-refractivity contribution in [3.8, 4) is 11.5 Å². The van der Waals surface area contributed by atoms with Gasteiger partial charge in [-0.3, -0.25) is 14.4 Å². The van der Waals surface area contributed by atoms with Gasteiger partial charge in [-0.1, -0.05) is 88.1 Å². The Morgan fingerprint density at radius 3 is 2.32 bits per heavy atom. The number of amides is 2. The summed E-state index contributed by atoms with van der Waals surface area (Å²) in [4.78, 5) is 40.4. The Balaban J connectivity index is 1.87. The molecule has 3 unspecified atom stereocenters. The van der Waals surface area contributed by atoms with E-state index in [1.165, 1.54) is 45.6 Å². The van der Waals surface area contributed by atoms with Crippen LogP contribution in [0.25, 0.3) is 0 Å². The molecule has 2 amide bonds. The predicted molar refractivity (Wildman–Crippen MR) is 192 cm³/mol. The number of unbranched alkanes of at least 4 members (excludes halogenated alkanes) is 8. The van der Waals surface area contributed by atoms with E-state index in [2.05, 4.69) is 12.2 Å². The molecule has 10 heteroatoms. The van der Waals surface area contributed by atoms with Gasteiger partial charge in [-0.15, -0.1) is 0 Å². The van der Waals surface area contributed by atoms with Gasteiger partial charge >= 0.3 is 0 Å². The summed E-state index contributed by atoms with van der Waals surface area (Å²) in [6.45, 7) is 4.33. The predicted octanol–water partition coefficient (Wildman–Crippen LogP) is 6.29. The molecule has 3 N–H and O–H groups in total. The van der Waals surface area contributed by atoms with Crippen LogP contribution in [0.2, 0.25) is 0 Å². The number of aryl methyl sites for hydroxylation is 1. The van der Waals surface area contributed by atoms with Gasteiger partial charge in [0.2, 0.25) is 11.8 Å². The third kappa shape index (κ3) is 11.9. The van der Waals surface area contributed by atoms with Crippen molar-refractivity contribution in [3.05, 3.63) is 68.3 Å². The minimum absolute atomic E-state index is 0.0679. The van der Waals surface area contributed by atoms with E-state index in [4.69, 9.17) is 9.47 Å². The topological polar surface area (TPSA) is 125 Å². The minimum atomic E-state index is -1.17. The zero-order chi connectivity index (χ0) is 34.2. The molecule has 47 heavy (non-hydrogen) atoms. The van der Waals surface area contributed by atoms with Crippen molar-refractivity contribution >= 4 is 40.7 Å². The largest absolute Gasteiger partial charge is 0.493 e. The maximum atomic E-state index is 14.0. The van der Waals surface area contributed by atoms with Crippen LogP contribution in [0.15, 0.2) is 48.0 Å². The summed E-state index contributed by atoms with van der Waals surface area (Å²) >= 11 is 2.04. The van der Waals surface area contributed by atoms with Crippen molar-refractivity contribution in [1.82, 2.24) is 10.2 Å². The number of methoxy groups -OCH3 is 1. The van der Waals surface area contributed by atoms with Gasteiger partial charge in [0.05, 0.1) is 23.3 Å². The van der Waals surface area contributed by atoms with Crippen LogP contribution < -0.4 is 14.8 Å². The van der Waals surface area contributed by atoms with E-state index >= 15 is 0 Å². The number of hydrogen-bond acceptors (Lipinski definition) is 7.